The second-order valence-electron chi connectivity index (χ2n) is 7.11. The molecule has 1 aliphatic rings. The van der Waals surface area contributed by atoms with Crippen LogP contribution < -0.4 is 15.3 Å². The molecule has 5 nitrogen and oxygen atoms in total. The molecule has 1 aromatic heterocycles. The Kier molecular flexibility index (Phi) is 7.06. The number of hydrogen-bond donors (Lipinski definition) is 0. The van der Waals surface area contributed by atoms with Gasteiger partial charge in [-0.25, -0.2) is 0 Å². The number of carbonyl (C=O) groups is 1. The Morgan fingerprint density at radius 2 is 1.90 bits per heavy atom. The number of aryl methyl sites for hydroxylation is 2. The van der Waals surface area contributed by atoms with Crippen LogP contribution in [0, 0.1) is 13.8 Å². The SMILES string of the molecule is COC1C=c2c(Oc3cc(C)c(C)cc3C(C)=O)ccnc2=CC1OCCCCl. The first-order chi connectivity index (χ1) is 13.9. The van der Waals surface area contributed by atoms with Gasteiger partial charge in [-0.15, -0.1) is 11.6 Å². The fraction of sp³-hybridized carbons (Fsp3) is 0.391. The first-order valence-corrected chi connectivity index (χ1v) is 10.2. The third-order valence-corrected chi connectivity index (χ3v) is 5.28. The molecule has 29 heavy (non-hydrogen) atoms. The molecule has 0 spiro atoms. The van der Waals surface area contributed by atoms with E-state index in [1.54, 1.807) is 26.3 Å². The highest BCUT2D eigenvalue weighted by Crippen LogP contribution is 2.27. The summed E-state index contributed by atoms with van der Waals surface area (Å²) in [6.45, 7) is 6.07. The van der Waals surface area contributed by atoms with E-state index in [4.69, 9.17) is 25.8 Å². The summed E-state index contributed by atoms with van der Waals surface area (Å²) >= 11 is 5.74. The predicted molar refractivity (Wildman–Crippen MR) is 114 cm³/mol. The highest BCUT2D eigenvalue weighted by Gasteiger charge is 2.22. The predicted octanol–water partition coefficient (Wildman–Crippen LogP) is 3.30. The van der Waals surface area contributed by atoms with E-state index in [1.165, 1.54) is 0 Å². The third kappa shape index (κ3) is 4.86. The second kappa shape index (κ2) is 9.53. The number of aromatic nitrogens is 1. The van der Waals surface area contributed by atoms with E-state index in [-0.39, 0.29) is 18.0 Å². The van der Waals surface area contributed by atoms with Gasteiger partial charge in [-0.3, -0.25) is 9.78 Å². The molecule has 2 aromatic rings. The summed E-state index contributed by atoms with van der Waals surface area (Å²) in [5, 5.41) is 1.59. The maximum Gasteiger partial charge on any atom is 0.163 e. The number of alkyl halides is 1. The van der Waals surface area contributed by atoms with Gasteiger partial charge in [0.05, 0.1) is 10.9 Å². The van der Waals surface area contributed by atoms with E-state index >= 15 is 0 Å². The molecule has 0 saturated heterocycles. The van der Waals surface area contributed by atoms with Crippen LogP contribution in [0.2, 0.25) is 0 Å². The summed E-state index contributed by atoms with van der Waals surface area (Å²) in [5.41, 5.74) is 2.67. The fourth-order valence-corrected chi connectivity index (χ4v) is 3.37. The molecule has 6 heteroatoms. The lowest BCUT2D eigenvalue weighted by molar-refractivity contribution is 0.00486. The number of hydrogen-bond acceptors (Lipinski definition) is 5. The van der Waals surface area contributed by atoms with Gasteiger partial charge in [0.1, 0.15) is 23.7 Å². The van der Waals surface area contributed by atoms with Crippen LogP contribution in [0.3, 0.4) is 0 Å². The number of Topliss-reactive ketones (excluding diaryl/α,β-unsaturated/α-hetero) is 1. The zero-order valence-corrected chi connectivity index (χ0v) is 18.0. The summed E-state index contributed by atoms with van der Waals surface area (Å²) in [5.74, 6) is 1.68. The second-order valence-corrected chi connectivity index (χ2v) is 7.49. The van der Waals surface area contributed by atoms with Gasteiger partial charge in [0.15, 0.2) is 5.78 Å². The molecule has 0 fully saturated rings. The topological polar surface area (TPSA) is 57.7 Å². The monoisotopic (exact) mass is 415 g/mol. The highest BCUT2D eigenvalue weighted by atomic mass is 35.5. The molecule has 2 unspecified atom stereocenters. The van der Waals surface area contributed by atoms with Gasteiger partial charge < -0.3 is 14.2 Å². The van der Waals surface area contributed by atoms with Gasteiger partial charge in [0, 0.05) is 31.0 Å². The number of ether oxygens (including phenoxy) is 3. The number of benzene rings is 1. The Labute approximate surface area is 176 Å². The third-order valence-electron chi connectivity index (χ3n) is 5.01. The van der Waals surface area contributed by atoms with Gasteiger partial charge in [0.25, 0.3) is 0 Å². The van der Waals surface area contributed by atoms with Crippen LogP contribution in [0.15, 0.2) is 24.4 Å². The number of rotatable bonds is 8. The number of fused-ring (bicyclic) bond motifs is 1. The number of methoxy groups -OCH3 is 1. The maximum absolute atomic E-state index is 12.1. The quantitative estimate of drug-likeness (QED) is 0.376. The average molecular weight is 416 g/mol. The number of carbonyl (C=O) groups excluding carboxylic acids is 1. The summed E-state index contributed by atoms with van der Waals surface area (Å²) in [6, 6.07) is 5.57. The largest absolute Gasteiger partial charge is 0.456 e. The van der Waals surface area contributed by atoms with Crippen molar-refractivity contribution >= 4 is 29.5 Å². The zero-order valence-electron chi connectivity index (χ0n) is 17.2. The van der Waals surface area contributed by atoms with Gasteiger partial charge >= 0.3 is 0 Å². The molecule has 0 amide bonds. The lowest BCUT2D eigenvalue weighted by Gasteiger charge is -2.24. The van der Waals surface area contributed by atoms with Crippen molar-refractivity contribution in [3.05, 3.63) is 51.7 Å². The molecule has 3 rings (SSSR count). The number of halogens is 1. The van der Waals surface area contributed by atoms with Gasteiger partial charge in [-0.05, 0) is 68.7 Å². The van der Waals surface area contributed by atoms with Crippen molar-refractivity contribution in [2.45, 2.75) is 39.4 Å². The minimum absolute atomic E-state index is 0.0379. The highest BCUT2D eigenvalue weighted by molar-refractivity contribution is 6.17. The van der Waals surface area contributed by atoms with Gasteiger partial charge in [-0.1, -0.05) is 0 Å². The van der Waals surface area contributed by atoms with Gasteiger partial charge in [0.2, 0.25) is 0 Å². The molecule has 154 valence electrons. The first-order valence-electron chi connectivity index (χ1n) is 9.63. The Morgan fingerprint density at radius 1 is 1.14 bits per heavy atom. The van der Waals surface area contributed by atoms with Crippen molar-refractivity contribution in [2.24, 2.45) is 0 Å². The van der Waals surface area contributed by atoms with Crippen molar-refractivity contribution in [3.63, 3.8) is 0 Å². The van der Waals surface area contributed by atoms with Crippen LogP contribution in [-0.2, 0) is 9.47 Å². The van der Waals surface area contributed by atoms with E-state index in [0.29, 0.717) is 29.5 Å². The van der Waals surface area contributed by atoms with Crippen LogP contribution in [0.25, 0.3) is 12.2 Å². The van der Waals surface area contributed by atoms with Crippen LogP contribution in [0.5, 0.6) is 11.5 Å². The summed E-state index contributed by atoms with van der Waals surface area (Å²) in [6.07, 6.45) is 5.85. The number of nitrogens with zero attached hydrogens (tertiary/aromatic N) is 1. The molecule has 0 N–H and O–H groups in total. The maximum atomic E-state index is 12.1. The molecule has 2 atom stereocenters. The fourth-order valence-electron chi connectivity index (χ4n) is 3.26. The van der Waals surface area contributed by atoms with E-state index in [1.807, 2.05) is 38.1 Å². The summed E-state index contributed by atoms with van der Waals surface area (Å²) in [7, 11) is 1.64. The van der Waals surface area contributed by atoms with Gasteiger partial charge in [-0.2, -0.15) is 0 Å². The van der Waals surface area contributed by atoms with E-state index < -0.39 is 0 Å². The van der Waals surface area contributed by atoms with Crippen molar-refractivity contribution < 1.29 is 19.0 Å². The van der Waals surface area contributed by atoms with Crippen molar-refractivity contribution in [1.82, 2.24) is 4.98 Å². The number of ketones is 1. The molecular formula is C23H26ClNO4. The molecule has 0 aliphatic heterocycles. The lowest BCUT2D eigenvalue weighted by atomic mass is 10.0. The Hall–Kier alpha value is -2.21. The Balaban J connectivity index is 2.01. The standard InChI is InChI=1S/C23H26ClNO4/c1-14-10-17(16(3)26)21(11-15(14)2)29-20-6-8-25-19-13-23(28-9-5-7-24)22(27-4)12-18(19)20/h6,8,10-13,22-23H,5,7,9H2,1-4H3. The average Bonchev–Trinajstić information content (AvgIpc) is 2.70. The van der Waals surface area contributed by atoms with Crippen LogP contribution >= 0.6 is 11.6 Å². The van der Waals surface area contributed by atoms with E-state index in [0.717, 1.165) is 28.1 Å². The molecule has 0 bridgehead atoms. The summed E-state index contributed by atoms with van der Waals surface area (Å²) in [4.78, 5) is 16.6. The van der Waals surface area contributed by atoms with Crippen LogP contribution in [0.4, 0.5) is 0 Å². The Morgan fingerprint density at radius 3 is 2.59 bits per heavy atom. The van der Waals surface area contributed by atoms with Crippen molar-refractivity contribution in [2.75, 3.05) is 19.6 Å². The molecular weight excluding hydrogens is 390 g/mol. The molecule has 1 aromatic carbocycles. The molecule has 0 saturated carbocycles. The number of pyridine rings is 1. The van der Waals surface area contributed by atoms with E-state index in [2.05, 4.69) is 4.98 Å². The first kappa shape index (κ1) is 21.5. The van der Waals surface area contributed by atoms with Crippen molar-refractivity contribution in [1.29, 1.82) is 0 Å². The minimum atomic E-state index is -0.267. The van der Waals surface area contributed by atoms with E-state index in [9.17, 15) is 4.79 Å². The molecule has 1 heterocycles. The summed E-state index contributed by atoms with van der Waals surface area (Å²) < 4.78 is 17.7. The lowest BCUT2D eigenvalue weighted by Crippen LogP contribution is -2.42. The Bertz CT molecular complexity index is 1020. The minimum Gasteiger partial charge on any atom is -0.456 e. The normalized spacial score (nSPS) is 17.8. The smallest absolute Gasteiger partial charge is 0.163 e. The van der Waals surface area contributed by atoms with Crippen LogP contribution in [0.1, 0.15) is 34.8 Å². The molecule has 0 radical (unpaired) electrons. The van der Waals surface area contributed by atoms with Crippen molar-refractivity contribution in [3.8, 4) is 11.5 Å². The van der Waals surface area contributed by atoms with Crippen LogP contribution in [-0.4, -0.2) is 42.6 Å². The zero-order chi connectivity index (χ0) is 21.0. The molecule has 1 aliphatic carbocycles.